The van der Waals surface area contributed by atoms with Crippen molar-refractivity contribution in [1.82, 2.24) is 9.78 Å². The molecular weight excluding hydrogens is 226 g/mol. The maximum Gasteiger partial charge on any atom is 0.124 e. The van der Waals surface area contributed by atoms with Gasteiger partial charge < -0.3 is 10.5 Å². The van der Waals surface area contributed by atoms with E-state index in [2.05, 4.69) is 12.0 Å². The van der Waals surface area contributed by atoms with Crippen molar-refractivity contribution in [3.05, 3.63) is 47.8 Å². The van der Waals surface area contributed by atoms with Crippen LogP contribution in [0.15, 0.2) is 36.5 Å². The van der Waals surface area contributed by atoms with Crippen molar-refractivity contribution in [3.8, 4) is 5.75 Å². The molecule has 2 rings (SSSR count). The molecule has 18 heavy (non-hydrogen) atoms. The van der Waals surface area contributed by atoms with Crippen LogP contribution in [-0.4, -0.2) is 16.4 Å². The van der Waals surface area contributed by atoms with Crippen LogP contribution in [0.5, 0.6) is 5.75 Å². The zero-order valence-corrected chi connectivity index (χ0v) is 10.8. The zero-order chi connectivity index (χ0) is 13.0. The van der Waals surface area contributed by atoms with Gasteiger partial charge in [0.1, 0.15) is 5.75 Å². The molecule has 1 aromatic heterocycles. The minimum atomic E-state index is -0.213. The van der Waals surface area contributed by atoms with Crippen LogP contribution in [0.2, 0.25) is 0 Å². The van der Waals surface area contributed by atoms with Crippen LogP contribution in [0.3, 0.4) is 0 Å². The molecule has 4 heteroatoms. The van der Waals surface area contributed by atoms with Gasteiger partial charge in [-0.2, -0.15) is 5.10 Å². The van der Waals surface area contributed by atoms with E-state index in [1.165, 1.54) is 0 Å². The monoisotopic (exact) mass is 245 g/mol. The van der Waals surface area contributed by atoms with Gasteiger partial charge in [-0.3, -0.25) is 4.68 Å². The molecule has 0 spiro atoms. The second-order valence-electron chi connectivity index (χ2n) is 4.02. The Morgan fingerprint density at radius 3 is 2.78 bits per heavy atom. The molecule has 0 aliphatic rings. The van der Waals surface area contributed by atoms with Gasteiger partial charge in [-0.25, -0.2) is 0 Å². The Bertz CT molecular complexity index is 507. The molecule has 2 aromatic rings. The molecule has 0 aliphatic heterocycles. The number of para-hydroxylation sites is 1. The third kappa shape index (κ3) is 2.38. The Hall–Kier alpha value is -1.81. The lowest BCUT2D eigenvalue weighted by Crippen LogP contribution is -2.18. The fraction of sp³-hybridized carbons (Fsp3) is 0.357. The van der Waals surface area contributed by atoms with Gasteiger partial charge in [-0.1, -0.05) is 18.2 Å². The highest BCUT2D eigenvalue weighted by Gasteiger charge is 2.17. The van der Waals surface area contributed by atoms with Crippen molar-refractivity contribution >= 4 is 0 Å². The smallest absolute Gasteiger partial charge is 0.124 e. The van der Waals surface area contributed by atoms with E-state index in [0.717, 1.165) is 23.6 Å². The number of nitrogens with zero attached hydrogens (tertiary/aromatic N) is 2. The number of hydrogen-bond acceptors (Lipinski definition) is 3. The van der Waals surface area contributed by atoms with Crippen molar-refractivity contribution < 1.29 is 4.74 Å². The molecule has 0 aliphatic carbocycles. The van der Waals surface area contributed by atoms with Crippen LogP contribution < -0.4 is 10.5 Å². The summed E-state index contributed by atoms with van der Waals surface area (Å²) < 4.78 is 7.53. The first-order chi connectivity index (χ1) is 8.77. The van der Waals surface area contributed by atoms with Gasteiger partial charge in [-0.05, 0) is 26.0 Å². The minimum absolute atomic E-state index is 0.213. The van der Waals surface area contributed by atoms with Crippen LogP contribution in [0.4, 0.5) is 0 Å². The number of nitrogens with two attached hydrogens (primary N) is 1. The van der Waals surface area contributed by atoms with Gasteiger partial charge in [0, 0.05) is 18.3 Å². The number of hydrogen-bond donors (Lipinski definition) is 1. The largest absolute Gasteiger partial charge is 0.494 e. The normalized spacial score (nSPS) is 12.4. The molecular formula is C14H19N3O. The van der Waals surface area contributed by atoms with Crippen LogP contribution in [0.1, 0.15) is 31.1 Å². The predicted molar refractivity (Wildman–Crippen MR) is 71.5 cm³/mol. The first kappa shape index (κ1) is 12.6. The Morgan fingerprint density at radius 1 is 1.28 bits per heavy atom. The maximum absolute atomic E-state index is 6.33. The number of rotatable bonds is 5. The third-order valence-corrected chi connectivity index (χ3v) is 2.92. The van der Waals surface area contributed by atoms with Crippen molar-refractivity contribution in [2.45, 2.75) is 26.4 Å². The van der Waals surface area contributed by atoms with Crippen molar-refractivity contribution in [2.75, 3.05) is 6.61 Å². The highest BCUT2D eigenvalue weighted by molar-refractivity contribution is 5.39. The molecule has 1 aromatic carbocycles. The molecule has 0 saturated heterocycles. The quantitative estimate of drug-likeness (QED) is 0.879. The summed E-state index contributed by atoms with van der Waals surface area (Å²) in [5.41, 5.74) is 8.33. The second kappa shape index (κ2) is 5.69. The summed E-state index contributed by atoms with van der Waals surface area (Å²) in [4.78, 5) is 0. The van der Waals surface area contributed by atoms with E-state index >= 15 is 0 Å². The lowest BCUT2D eigenvalue weighted by Gasteiger charge is -2.17. The molecule has 96 valence electrons. The van der Waals surface area contributed by atoms with Gasteiger partial charge in [0.25, 0.3) is 0 Å². The van der Waals surface area contributed by atoms with E-state index in [-0.39, 0.29) is 6.04 Å². The lowest BCUT2D eigenvalue weighted by atomic mass is 10.0. The molecule has 1 heterocycles. The van der Waals surface area contributed by atoms with Crippen molar-refractivity contribution in [3.63, 3.8) is 0 Å². The highest BCUT2D eigenvalue weighted by atomic mass is 16.5. The van der Waals surface area contributed by atoms with Gasteiger partial charge in [0.2, 0.25) is 0 Å². The van der Waals surface area contributed by atoms with Crippen LogP contribution in [-0.2, 0) is 6.54 Å². The van der Waals surface area contributed by atoms with Gasteiger partial charge in [-0.15, -0.1) is 0 Å². The predicted octanol–water partition coefficient (Wildman–Crippen LogP) is 2.35. The molecule has 1 unspecified atom stereocenters. The zero-order valence-electron chi connectivity index (χ0n) is 10.8. The van der Waals surface area contributed by atoms with E-state index in [9.17, 15) is 0 Å². The van der Waals surface area contributed by atoms with Crippen molar-refractivity contribution in [2.24, 2.45) is 5.73 Å². The molecule has 0 bridgehead atoms. The number of ether oxygens (including phenoxy) is 1. The Balaban J connectivity index is 2.36. The Labute approximate surface area is 107 Å². The van der Waals surface area contributed by atoms with Crippen LogP contribution in [0, 0.1) is 0 Å². The Kier molecular flexibility index (Phi) is 3.99. The average molecular weight is 245 g/mol. The standard InChI is InChI=1S/C14H19N3O/c1-3-17-12(9-10-16-17)14(15)11-7-5-6-8-13(11)18-4-2/h5-10,14H,3-4,15H2,1-2H3. The van der Waals surface area contributed by atoms with Gasteiger partial charge in [0.15, 0.2) is 0 Å². The van der Waals surface area contributed by atoms with E-state index < -0.39 is 0 Å². The molecule has 2 N–H and O–H groups in total. The summed E-state index contributed by atoms with van der Waals surface area (Å²) in [6.07, 6.45) is 1.78. The molecule has 0 saturated carbocycles. The third-order valence-electron chi connectivity index (χ3n) is 2.92. The second-order valence-corrected chi connectivity index (χ2v) is 4.02. The van der Waals surface area contributed by atoms with E-state index in [0.29, 0.717) is 6.61 Å². The SMILES string of the molecule is CCOc1ccccc1C(N)c1ccnn1CC. The van der Waals surface area contributed by atoms with Crippen LogP contribution in [0.25, 0.3) is 0 Å². The van der Waals surface area contributed by atoms with Gasteiger partial charge >= 0.3 is 0 Å². The minimum Gasteiger partial charge on any atom is -0.494 e. The fourth-order valence-electron chi connectivity index (χ4n) is 2.06. The van der Waals surface area contributed by atoms with E-state index in [4.69, 9.17) is 10.5 Å². The maximum atomic E-state index is 6.33. The molecule has 1 atom stereocenters. The van der Waals surface area contributed by atoms with E-state index in [1.54, 1.807) is 6.20 Å². The fourth-order valence-corrected chi connectivity index (χ4v) is 2.06. The topological polar surface area (TPSA) is 53.1 Å². The molecule has 0 radical (unpaired) electrons. The highest BCUT2D eigenvalue weighted by Crippen LogP contribution is 2.28. The van der Waals surface area contributed by atoms with Crippen molar-refractivity contribution in [1.29, 1.82) is 0 Å². The Morgan fingerprint density at radius 2 is 2.06 bits per heavy atom. The lowest BCUT2D eigenvalue weighted by molar-refractivity contribution is 0.335. The number of benzene rings is 1. The van der Waals surface area contributed by atoms with Crippen LogP contribution >= 0.6 is 0 Å². The molecule has 4 nitrogen and oxygen atoms in total. The van der Waals surface area contributed by atoms with Gasteiger partial charge in [0.05, 0.1) is 18.3 Å². The molecule has 0 fully saturated rings. The number of aromatic nitrogens is 2. The average Bonchev–Trinajstić information content (AvgIpc) is 2.87. The molecule has 0 amide bonds. The summed E-state index contributed by atoms with van der Waals surface area (Å²) in [5.74, 6) is 0.844. The number of aryl methyl sites for hydroxylation is 1. The first-order valence-electron chi connectivity index (χ1n) is 6.27. The summed E-state index contributed by atoms with van der Waals surface area (Å²) >= 11 is 0. The summed E-state index contributed by atoms with van der Waals surface area (Å²) in [5, 5.41) is 4.25. The summed E-state index contributed by atoms with van der Waals surface area (Å²) in [7, 11) is 0. The summed E-state index contributed by atoms with van der Waals surface area (Å²) in [6, 6.07) is 9.63. The summed E-state index contributed by atoms with van der Waals surface area (Å²) in [6.45, 7) is 5.47. The van der Waals surface area contributed by atoms with E-state index in [1.807, 2.05) is 41.9 Å². The first-order valence-corrected chi connectivity index (χ1v) is 6.27.